The Morgan fingerprint density at radius 2 is 1.84 bits per heavy atom. The van der Waals surface area contributed by atoms with Crippen molar-refractivity contribution in [3.8, 4) is 0 Å². The number of benzene rings is 1. The van der Waals surface area contributed by atoms with E-state index in [4.69, 9.17) is 4.74 Å². The number of rotatable bonds is 7. The average Bonchev–Trinajstić information content (AvgIpc) is 3.09. The molecule has 0 saturated carbocycles. The first-order chi connectivity index (χ1) is 17.6. The normalized spacial score (nSPS) is 19.4. The van der Waals surface area contributed by atoms with Crippen molar-refractivity contribution in [3.05, 3.63) is 46.7 Å². The van der Waals surface area contributed by atoms with Gasteiger partial charge in [0.15, 0.2) is 0 Å². The number of hydrogen-bond donors (Lipinski definition) is 2. The monoisotopic (exact) mass is 525 g/mol. The van der Waals surface area contributed by atoms with Crippen LogP contribution < -0.4 is 10.6 Å². The second-order valence-corrected chi connectivity index (χ2v) is 8.74. The van der Waals surface area contributed by atoms with Crippen LogP contribution in [0.15, 0.2) is 35.5 Å². The molecule has 0 aliphatic carbocycles. The first-order valence-electron chi connectivity index (χ1n) is 12.5. The van der Waals surface area contributed by atoms with Crippen LogP contribution in [0.2, 0.25) is 0 Å². The van der Waals surface area contributed by atoms with Crippen LogP contribution in [0.5, 0.6) is 0 Å². The standard InChI is InChI=1S/C25H34F3N5O4/c1-4-29-23(35)32-13-9-12-31(14-15-32)16-19-20(22(34)37-6-3)21(30-24(36)33(19)5-2)17-10-7-8-11-18(17)25(26,27)28/h7-8,10-11,21H,4-6,9,12-16H2,1-3H3,(H,29,35)(H,30,36). The van der Waals surface area contributed by atoms with Gasteiger partial charge in [-0.25, -0.2) is 14.4 Å². The molecule has 2 N–H and O–H groups in total. The van der Waals surface area contributed by atoms with Crippen molar-refractivity contribution in [1.82, 2.24) is 25.3 Å². The highest BCUT2D eigenvalue weighted by atomic mass is 19.4. The van der Waals surface area contributed by atoms with Gasteiger partial charge in [0.25, 0.3) is 0 Å². The quantitative estimate of drug-likeness (QED) is 0.533. The molecule has 12 heteroatoms. The molecule has 1 fully saturated rings. The molecular weight excluding hydrogens is 491 g/mol. The Kier molecular flexibility index (Phi) is 9.41. The van der Waals surface area contributed by atoms with Crippen LogP contribution in [-0.2, 0) is 15.7 Å². The lowest BCUT2D eigenvalue weighted by Gasteiger charge is -2.38. The molecule has 0 spiro atoms. The van der Waals surface area contributed by atoms with Gasteiger partial charge in [-0.15, -0.1) is 0 Å². The van der Waals surface area contributed by atoms with Gasteiger partial charge in [0.1, 0.15) is 0 Å². The minimum Gasteiger partial charge on any atom is -0.463 e. The zero-order valence-corrected chi connectivity index (χ0v) is 21.4. The summed E-state index contributed by atoms with van der Waals surface area (Å²) < 4.78 is 46.9. The van der Waals surface area contributed by atoms with E-state index in [2.05, 4.69) is 10.6 Å². The zero-order valence-electron chi connectivity index (χ0n) is 21.4. The number of nitrogens with one attached hydrogen (secondary N) is 2. The summed E-state index contributed by atoms with van der Waals surface area (Å²) in [7, 11) is 0. The zero-order chi connectivity index (χ0) is 27.2. The third kappa shape index (κ3) is 6.54. The molecule has 0 aromatic heterocycles. The molecule has 1 atom stereocenters. The van der Waals surface area contributed by atoms with Crippen molar-refractivity contribution < 1.29 is 32.3 Å². The minimum absolute atomic E-state index is 0.0224. The molecule has 9 nitrogen and oxygen atoms in total. The van der Waals surface area contributed by atoms with Crippen LogP contribution >= 0.6 is 0 Å². The fourth-order valence-corrected chi connectivity index (χ4v) is 4.70. The third-order valence-corrected chi connectivity index (χ3v) is 6.40. The molecule has 0 radical (unpaired) electrons. The van der Waals surface area contributed by atoms with Crippen LogP contribution in [-0.4, -0.2) is 85.2 Å². The molecular formula is C25H34F3N5O4. The summed E-state index contributed by atoms with van der Waals surface area (Å²) in [5.41, 5.74) is -0.875. The van der Waals surface area contributed by atoms with Crippen molar-refractivity contribution >= 4 is 18.0 Å². The maximum absolute atomic E-state index is 13.9. The molecule has 4 amide bonds. The lowest BCUT2D eigenvalue weighted by Crippen LogP contribution is -2.51. The van der Waals surface area contributed by atoms with Crippen molar-refractivity contribution in [1.29, 1.82) is 0 Å². The summed E-state index contributed by atoms with van der Waals surface area (Å²) in [4.78, 5) is 43.7. The first-order valence-corrected chi connectivity index (χ1v) is 12.5. The van der Waals surface area contributed by atoms with Gasteiger partial charge in [-0.1, -0.05) is 18.2 Å². The van der Waals surface area contributed by atoms with Crippen molar-refractivity contribution in [2.45, 2.75) is 39.4 Å². The number of halogens is 3. The Labute approximate surface area is 214 Å². The summed E-state index contributed by atoms with van der Waals surface area (Å²) in [6, 6.07) is 2.82. The van der Waals surface area contributed by atoms with Gasteiger partial charge in [-0.3, -0.25) is 9.80 Å². The largest absolute Gasteiger partial charge is 0.463 e. The smallest absolute Gasteiger partial charge is 0.416 e. The maximum atomic E-state index is 13.9. The third-order valence-electron chi connectivity index (χ3n) is 6.40. The van der Waals surface area contributed by atoms with Crippen LogP contribution in [0, 0.1) is 0 Å². The number of esters is 1. The summed E-state index contributed by atoms with van der Waals surface area (Å²) >= 11 is 0. The SMILES string of the molecule is CCNC(=O)N1CCCN(CC2=C(C(=O)OCC)C(c3ccccc3C(F)(F)F)NC(=O)N2CC)CC1. The Morgan fingerprint density at radius 3 is 2.49 bits per heavy atom. The summed E-state index contributed by atoms with van der Waals surface area (Å²) in [5, 5.41) is 5.38. The first kappa shape index (κ1) is 28.3. The Balaban J connectivity index is 2.05. The summed E-state index contributed by atoms with van der Waals surface area (Å²) in [5.74, 6) is -0.781. The van der Waals surface area contributed by atoms with E-state index in [0.29, 0.717) is 44.8 Å². The van der Waals surface area contributed by atoms with E-state index in [1.165, 1.54) is 23.1 Å². The number of amides is 4. The maximum Gasteiger partial charge on any atom is 0.416 e. The van der Waals surface area contributed by atoms with Crippen molar-refractivity contribution in [2.24, 2.45) is 0 Å². The minimum atomic E-state index is -4.68. The van der Waals surface area contributed by atoms with Gasteiger partial charge < -0.3 is 20.3 Å². The number of nitrogens with zero attached hydrogens (tertiary/aromatic N) is 3. The molecule has 1 saturated heterocycles. The van der Waals surface area contributed by atoms with E-state index in [1.54, 1.807) is 18.7 Å². The highest BCUT2D eigenvalue weighted by Crippen LogP contribution is 2.39. The molecule has 3 rings (SSSR count). The fourth-order valence-electron chi connectivity index (χ4n) is 4.70. The Bertz CT molecular complexity index is 1030. The number of hydrogen-bond acceptors (Lipinski definition) is 5. The molecule has 2 aliphatic rings. The number of carbonyl (C=O) groups is 3. The lowest BCUT2D eigenvalue weighted by molar-refractivity contribution is -0.141. The highest BCUT2D eigenvalue weighted by molar-refractivity contribution is 5.95. The van der Waals surface area contributed by atoms with Gasteiger partial charge in [0.05, 0.1) is 23.8 Å². The molecule has 0 bridgehead atoms. The van der Waals surface area contributed by atoms with Gasteiger partial charge in [0.2, 0.25) is 0 Å². The molecule has 204 valence electrons. The van der Waals surface area contributed by atoms with E-state index in [0.717, 1.165) is 6.07 Å². The van der Waals surface area contributed by atoms with Crippen molar-refractivity contribution in [3.63, 3.8) is 0 Å². The Hall–Kier alpha value is -3.28. The van der Waals surface area contributed by atoms with Crippen LogP contribution in [0.3, 0.4) is 0 Å². The second kappa shape index (κ2) is 12.3. The average molecular weight is 526 g/mol. The highest BCUT2D eigenvalue weighted by Gasteiger charge is 2.42. The number of carbonyl (C=O) groups excluding carboxylic acids is 3. The second-order valence-electron chi connectivity index (χ2n) is 8.74. The van der Waals surface area contributed by atoms with Crippen LogP contribution in [0.25, 0.3) is 0 Å². The molecule has 2 heterocycles. The number of alkyl halides is 3. The topological polar surface area (TPSA) is 94.2 Å². The van der Waals surface area contributed by atoms with E-state index >= 15 is 0 Å². The van der Waals surface area contributed by atoms with Gasteiger partial charge in [-0.2, -0.15) is 13.2 Å². The molecule has 1 aromatic rings. The number of urea groups is 2. The van der Waals surface area contributed by atoms with Crippen LogP contribution in [0.4, 0.5) is 22.8 Å². The lowest BCUT2D eigenvalue weighted by atomic mass is 9.90. The predicted octanol–water partition coefficient (Wildman–Crippen LogP) is 3.35. The molecule has 1 unspecified atom stereocenters. The number of likely N-dealkylation sites (N-methyl/N-ethyl adjacent to an activating group) is 1. The van der Waals surface area contributed by atoms with E-state index in [9.17, 15) is 27.6 Å². The van der Waals surface area contributed by atoms with Gasteiger partial charge in [-0.05, 0) is 38.8 Å². The summed E-state index contributed by atoms with van der Waals surface area (Å²) in [6.45, 7) is 8.10. The molecule has 2 aliphatic heterocycles. The predicted molar refractivity (Wildman–Crippen MR) is 130 cm³/mol. The fraction of sp³-hybridized carbons (Fsp3) is 0.560. The van der Waals surface area contributed by atoms with Gasteiger partial charge >= 0.3 is 24.2 Å². The van der Waals surface area contributed by atoms with Crippen LogP contribution in [0.1, 0.15) is 44.4 Å². The van der Waals surface area contributed by atoms with Crippen molar-refractivity contribution in [2.75, 3.05) is 52.4 Å². The Morgan fingerprint density at radius 1 is 1.11 bits per heavy atom. The van der Waals surface area contributed by atoms with E-state index < -0.39 is 29.8 Å². The molecule has 1 aromatic carbocycles. The molecule has 37 heavy (non-hydrogen) atoms. The van der Waals surface area contributed by atoms with E-state index in [-0.39, 0.29) is 36.9 Å². The van der Waals surface area contributed by atoms with E-state index in [1.807, 2.05) is 11.8 Å². The number of ether oxygens (including phenoxy) is 1. The summed E-state index contributed by atoms with van der Waals surface area (Å²) in [6.07, 6.45) is -4.02. The van der Waals surface area contributed by atoms with Gasteiger partial charge in [0, 0.05) is 51.5 Å².